The number of nitrogens with two attached hydrogens (primary N) is 2. The molecule has 16 heavy (non-hydrogen) atoms. The lowest BCUT2D eigenvalue weighted by molar-refractivity contribution is 1.05. The number of rotatable bonds is 3. The lowest BCUT2D eigenvalue weighted by atomic mass is 10.6. The Labute approximate surface area is 99.8 Å². The summed E-state index contributed by atoms with van der Waals surface area (Å²) in [7, 11) is 0. The number of hydrazine groups is 1. The molecule has 0 bridgehead atoms. The number of hydrogen-bond donors (Lipinski definition) is 3. The predicted molar refractivity (Wildman–Crippen MR) is 63.0 cm³/mol. The molecule has 0 amide bonds. The van der Waals surface area contributed by atoms with Crippen molar-refractivity contribution in [2.45, 2.75) is 16.3 Å². The van der Waals surface area contributed by atoms with Crippen molar-refractivity contribution in [2.24, 2.45) is 5.84 Å². The van der Waals surface area contributed by atoms with Gasteiger partial charge >= 0.3 is 0 Å². The van der Waals surface area contributed by atoms with E-state index in [1.54, 1.807) is 6.07 Å². The van der Waals surface area contributed by atoms with E-state index in [4.69, 9.17) is 11.6 Å². The molecule has 9 heteroatoms. The number of anilines is 2. The zero-order valence-electron chi connectivity index (χ0n) is 8.34. The largest absolute Gasteiger partial charge is 0.368 e. The van der Waals surface area contributed by atoms with Gasteiger partial charge in [0.2, 0.25) is 5.95 Å². The maximum atomic E-state index is 5.53. The first-order chi connectivity index (χ1) is 7.67. The highest BCUT2D eigenvalue weighted by Crippen LogP contribution is 2.28. The molecule has 2 heterocycles. The summed E-state index contributed by atoms with van der Waals surface area (Å²) < 4.78 is 4.88. The van der Waals surface area contributed by atoms with E-state index in [2.05, 4.69) is 24.8 Å². The first-order valence-electron chi connectivity index (χ1n) is 4.26. The minimum Gasteiger partial charge on any atom is -0.368 e. The van der Waals surface area contributed by atoms with Crippen LogP contribution in [0.2, 0.25) is 0 Å². The Morgan fingerprint density at radius 3 is 2.81 bits per heavy atom. The Bertz CT molecular complexity index is 497. The third kappa shape index (κ3) is 2.56. The second-order valence-corrected chi connectivity index (χ2v) is 4.82. The molecule has 0 fully saturated rings. The quantitative estimate of drug-likeness (QED) is 0.416. The van der Waals surface area contributed by atoms with Crippen molar-refractivity contribution in [3.05, 3.63) is 11.9 Å². The van der Waals surface area contributed by atoms with Crippen LogP contribution in [-0.4, -0.2) is 19.3 Å². The molecule has 2 aromatic heterocycles. The number of nitrogen functional groups attached to an aromatic ring is 2. The number of aryl methyl sites for hydroxylation is 1. The van der Waals surface area contributed by atoms with Gasteiger partial charge < -0.3 is 11.2 Å². The molecule has 0 aliphatic carbocycles. The molecule has 84 valence electrons. The molecule has 0 unspecified atom stereocenters. The van der Waals surface area contributed by atoms with Crippen molar-refractivity contribution in [1.29, 1.82) is 0 Å². The molecular formula is C7H9N7S2. The molecule has 0 aliphatic heterocycles. The highest BCUT2D eigenvalue weighted by Gasteiger charge is 2.07. The van der Waals surface area contributed by atoms with Gasteiger partial charge in [-0.1, -0.05) is 0 Å². The van der Waals surface area contributed by atoms with E-state index < -0.39 is 0 Å². The minimum absolute atomic E-state index is 0.166. The van der Waals surface area contributed by atoms with Crippen LogP contribution in [0.25, 0.3) is 0 Å². The van der Waals surface area contributed by atoms with Crippen LogP contribution in [-0.2, 0) is 0 Å². The van der Waals surface area contributed by atoms with Gasteiger partial charge in [-0.2, -0.15) is 9.36 Å². The van der Waals surface area contributed by atoms with Crippen LogP contribution in [0, 0.1) is 6.92 Å². The highest BCUT2D eigenvalue weighted by molar-refractivity contribution is 8.00. The monoisotopic (exact) mass is 255 g/mol. The number of aromatic nitrogens is 4. The van der Waals surface area contributed by atoms with Crippen LogP contribution in [0.5, 0.6) is 0 Å². The van der Waals surface area contributed by atoms with Crippen molar-refractivity contribution in [2.75, 3.05) is 11.2 Å². The molecule has 0 spiro atoms. The van der Waals surface area contributed by atoms with Crippen molar-refractivity contribution in [3.63, 3.8) is 0 Å². The van der Waals surface area contributed by atoms with Gasteiger partial charge in [0.15, 0.2) is 4.34 Å². The Balaban J connectivity index is 2.24. The van der Waals surface area contributed by atoms with E-state index in [1.807, 2.05) is 6.92 Å². The molecular weight excluding hydrogens is 246 g/mol. The summed E-state index contributed by atoms with van der Waals surface area (Å²) in [5.74, 6) is 6.63. The van der Waals surface area contributed by atoms with Gasteiger partial charge in [-0.15, -0.1) is 0 Å². The Morgan fingerprint density at radius 2 is 2.19 bits per heavy atom. The van der Waals surface area contributed by atoms with E-state index in [0.717, 1.165) is 10.2 Å². The summed E-state index contributed by atoms with van der Waals surface area (Å²) in [5, 5.41) is 0.677. The topological polar surface area (TPSA) is 116 Å². The smallest absolute Gasteiger partial charge is 0.223 e. The van der Waals surface area contributed by atoms with E-state index in [1.165, 1.54) is 23.3 Å². The maximum absolute atomic E-state index is 5.53. The lowest BCUT2D eigenvalue weighted by Crippen LogP contribution is -2.10. The van der Waals surface area contributed by atoms with Crippen molar-refractivity contribution < 1.29 is 0 Å². The number of nitrogens with zero attached hydrogens (tertiary/aromatic N) is 4. The zero-order valence-corrected chi connectivity index (χ0v) is 9.97. The van der Waals surface area contributed by atoms with Gasteiger partial charge in [-0.05, 0) is 30.2 Å². The summed E-state index contributed by atoms with van der Waals surface area (Å²) in [5.41, 5.74) is 7.95. The molecule has 0 aliphatic rings. The summed E-state index contributed by atoms with van der Waals surface area (Å²) in [6, 6.07) is 1.69. The Morgan fingerprint density at radius 1 is 1.38 bits per heavy atom. The highest BCUT2D eigenvalue weighted by atomic mass is 32.2. The molecule has 5 N–H and O–H groups in total. The summed E-state index contributed by atoms with van der Waals surface area (Å²) >= 11 is 2.68. The standard InChI is InChI=1S/C7H9N7S2/c1-3-10-7(16-14-3)15-5-2-4(13-9)11-6(8)12-5/h2H,9H2,1H3,(H3,8,11,12,13). The number of hydrogen-bond acceptors (Lipinski definition) is 9. The Hall–Kier alpha value is -1.45. The van der Waals surface area contributed by atoms with Crippen molar-refractivity contribution in [1.82, 2.24) is 19.3 Å². The molecule has 7 nitrogen and oxygen atoms in total. The maximum Gasteiger partial charge on any atom is 0.223 e. The minimum atomic E-state index is 0.166. The Kier molecular flexibility index (Phi) is 3.17. The van der Waals surface area contributed by atoms with Crippen LogP contribution < -0.4 is 17.0 Å². The fourth-order valence-electron chi connectivity index (χ4n) is 0.978. The van der Waals surface area contributed by atoms with Crippen molar-refractivity contribution in [3.8, 4) is 0 Å². The average molecular weight is 255 g/mol. The van der Waals surface area contributed by atoms with E-state index >= 15 is 0 Å². The van der Waals surface area contributed by atoms with Gasteiger partial charge in [-0.3, -0.25) is 0 Å². The predicted octanol–water partition coefficient (Wildman–Crippen LogP) is 0.656. The molecule has 0 saturated carbocycles. The third-order valence-electron chi connectivity index (χ3n) is 1.57. The molecule has 2 aromatic rings. The van der Waals surface area contributed by atoms with E-state index in [9.17, 15) is 0 Å². The van der Waals surface area contributed by atoms with Gasteiger partial charge in [0.05, 0.1) is 0 Å². The molecule has 0 atom stereocenters. The SMILES string of the molecule is Cc1nsc(Sc2cc(NN)nc(N)n2)n1. The summed E-state index contributed by atoms with van der Waals surface area (Å²) in [6.45, 7) is 1.84. The summed E-state index contributed by atoms with van der Waals surface area (Å²) in [4.78, 5) is 12.2. The second kappa shape index (κ2) is 4.60. The average Bonchev–Trinajstić information content (AvgIpc) is 2.63. The first-order valence-corrected chi connectivity index (χ1v) is 5.85. The second-order valence-electron chi connectivity index (χ2n) is 2.80. The van der Waals surface area contributed by atoms with Crippen LogP contribution in [0.3, 0.4) is 0 Å². The molecule has 0 radical (unpaired) electrons. The van der Waals surface area contributed by atoms with Crippen LogP contribution >= 0.6 is 23.3 Å². The zero-order chi connectivity index (χ0) is 11.5. The first kappa shape index (κ1) is 11.0. The van der Waals surface area contributed by atoms with Crippen molar-refractivity contribution >= 4 is 35.1 Å². The molecule has 0 saturated heterocycles. The van der Waals surface area contributed by atoms with E-state index in [0.29, 0.717) is 10.8 Å². The van der Waals surface area contributed by atoms with Crippen LogP contribution in [0.15, 0.2) is 15.4 Å². The van der Waals surface area contributed by atoms with E-state index in [-0.39, 0.29) is 5.95 Å². The molecule has 2 rings (SSSR count). The fraction of sp³-hybridized carbons (Fsp3) is 0.143. The lowest BCUT2D eigenvalue weighted by Gasteiger charge is -2.02. The van der Waals surface area contributed by atoms with Crippen LogP contribution in [0.1, 0.15) is 5.82 Å². The number of nitrogens with one attached hydrogen (secondary N) is 1. The summed E-state index contributed by atoms with van der Waals surface area (Å²) in [6.07, 6.45) is 0. The van der Waals surface area contributed by atoms with Gasteiger partial charge in [0.1, 0.15) is 16.7 Å². The molecule has 0 aromatic carbocycles. The van der Waals surface area contributed by atoms with Gasteiger partial charge in [0.25, 0.3) is 0 Å². The van der Waals surface area contributed by atoms with Gasteiger partial charge in [0, 0.05) is 6.07 Å². The third-order valence-corrected chi connectivity index (χ3v) is 3.33. The van der Waals surface area contributed by atoms with Gasteiger partial charge in [-0.25, -0.2) is 15.8 Å². The fourth-order valence-corrected chi connectivity index (χ4v) is 2.59. The normalized spacial score (nSPS) is 10.4. The van der Waals surface area contributed by atoms with Crippen LogP contribution in [0.4, 0.5) is 11.8 Å².